The van der Waals surface area contributed by atoms with Gasteiger partial charge in [0, 0.05) is 76.1 Å². The van der Waals surface area contributed by atoms with E-state index in [0.717, 1.165) is 114 Å². The number of piperazine rings is 1. The smallest absolute Gasteiger partial charge is 0.304 e. The van der Waals surface area contributed by atoms with Crippen molar-refractivity contribution in [2.24, 2.45) is 5.92 Å². The average Bonchev–Trinajstić information content (AvgIpc) is 3.56. The van der Waals surface area contributed by atoms with Crippen molar-refractivity contribution in [1.29, 1.82) is 0 Å². The summed E-state index contributed by atoms with van der Waals surface area (Å²) < 4.78 is 6.00. The van der Waals surface area contributed by atoms with E-state index in [9.17, 15) is 14.7 Å². The van der Waals surface area contributed by atoms with Gasteiger partial charge in [-0.15, -0.1) is 0 Å². The number of carbonyl (C=O) groups is 2. The minimum atomic E-state index is -0.751. The third-order valence-electron chi connectivity index (χ3n) is 10.4. The number of nitrogens with zero attached hydrogens (tertiary/aromatic N) is 4. The molecule has 4 aliphatic rings. The molecule has 3 fully saturated rings. The van der Waals surface area contributed by atoms with E-state index in [1.165, 1.54) is 29.2 Å². The first kappa shape index (κ1) is 34.1. The summed E-state index contributed by atoms with van der Waals surface area (Å²) in [6.07, 6.45) is 9.64. The highest BCUT2D eigenvalue weighted by atomic mass is 32.2. The number of pyridine rings is 1. The summed E-state index contributed by atoms with van der Waals surface area (Å²) in [6.45, 7) is 7.49. The molecule has 3 saturated heterocycles. The number of rotatable bonds is 14. The summed E-state index contributed by atoms with van der Waals surface area (Å²) in [5.41, 5.74) is 4.71. The topological polar surface area (TPSA) is 98.2 Å². The number of aromatic nitrogens is 1. The number of aryl methyl sites for hydroxylation is 2. The van der Waals surface area contributed by atoms with E-state index in [4.69, 9.17) is 9.72 Å². The second kappa shape index (κ2) is 17.0. The predicted molar refractivity (Wildman–Crippen MR) is 190 cm³/mol. The van der Waals surface area contributed by atoms with Crippen molar-refractivity contribution in [2.75, 3.05) is 80.7 Å². The molecule has 9 nitrogen and oxygen atoms in total. The van der Waals surface area contributed by atoms with Crippen LogP contribution in [0.15, 0.2) is 36.4 Å². The highest BCUT2D eigenvalue weighted by Gasteiger charge is 2.28. The van der Waals surface area contributed by atoms with Crippen molar-refractivity contribution in [3.8, 4) is 0 Å². The zero-order valence-electron chi connectivity index (χ0n) is 27.9. The van der Waals surface area contributed by atoms with Crippen molar-refractivity contribution in [3.05, 3.63) is 53.2 Å². The number of anilines is 2. The molecule has 2 unspecified atom stereocenters. The third kappa shape index (κ3) is 9.86. The van der Waals surface area contributed by atoms with Crippen LogP contribution in [0.5, 0.6) is 0 Å². The minimum absolute atomic E-state index is 0.0583. The Kier molecular flexibility index (Phi) is 12.3. The van der Waals surface area contributed by atoms with Gasteiger partial charge in [-0.3, -0.25) is 9.59 Å². The highest BCUT2D eigenvalue weighted by molar-refractivity contribution is 7.99. The van der Waals surface area contributed by atoms with E-state index in [-0.39, 0.29) is 18.2 Å². The fourth-order valence-corrected chi connectivity index (χ4v) is 8.71. The summed E-state index contributed by atoms with van der Waals surface area (Å²) in [6, 6.07) is 12.9. The molecule has 0 aliphatic carbocycles. The number of thioether (sulfide) groups is 1. The van der Waals surface area contributed by atoms with Crippen molar-refractivity contribution >= 4 is 35.1 Å². The lowest BCUT2D eigenvalue weighted by molar-refractivity contribution is -0.137. The molecule has 2 aromatic rings. The maximum Gasteiger partial charge on any atom is 0.304 e. The van der Waals surface area contributed by atoms with Crippen molar-refractivity contribution in [2.45, 2.75) is 76.2 Å². The average molecular weight is 664 g/mol. The number of likely N-dealkylation sites (tertiary alicyclic amines) is 1. The number of hydrogen-bond donors (Lipinski definition) is 2. The van der Waals surface area contributed by atoms with Crippen LogP contribution >= 0.6 is 11.8 Å². The Morgan fingerprint density at radius 2 is 1.91 bits per heavy atom. The number of amides is 1. The Balaban J connectivity index is 0.960. The zero-order valence-corrected chi connectivity index (χ0v) is 28.7. The van der Waals surface area contributed by atoms with Gasteiger partial charge >= 0.3 is 5.97 Å². The lowest BCUT2D eigenvalue weighted by Crippen LogP contribution is -2.48. The van der Waals surface area contributed by atoms with Gasteiger partial charge in [-0.2, -0.15) is 11.8 Å². The van der Waals surface area contributed by atoms with Gasteiger partial charge in [0.25, 0.3) is 0 Å². The maximum atomic E-state index is 12.9. The van der Waals surface area contributed by atoms with E-state index < -0.39 is 5.97 Å². The fraction of sp³-hybridized carbons (Fsp3) is 0.649. The standard InChI is InChI=1S/C37H53N5O4S/c43-35(7-3-21-46-34-13-22-47-23-14-34)42-19-17-41(18-20-42)33-6-1-4-30(24-33)31(25-36(44)45)27-40-16-12-28(26-40)8-10-32-11-9-29-5-2-15-38-37(29)39-32/h1,4,6,9,11,24,28,31,34H,2-3,5,7-8,10,12-23,25-27H2,(H,38,39)(H,44,45). The monoisotopic (exact) mass is 663 g/mol. The quantitative estimate of drug-likeness (QED) is 0.261. The van der Waals surface area contributed by atoms with E-state index in [1.807, 2.05) is 16.7 Å². The molecule has 256 valence electrons. The maximum absolute atomic E-state index is 12.9. The van der Waals surface area contributed by atoms with Crippen LogP contribution in [-0.2, 0) is 27.2 Å². The lowest BCUT2D eigenvalue weighted by atomic mass is 9.94. The van der Waals surface area contributed by atoms with Crippen LogP contribution in [0.3, 0.4) is 0 Å². The number of aliphatic carboxylic acids is 1. The summed E-state index contributed by atoms with van der Waals surface area (Å²) in [4.78, 5) is 36.5. The fourth-order valence-electron chi connectivity index (χ4n) is 7.65. The SMILES string of the molecule is O=C(O)CC(CN1CCC(CCc2ccc3c(n2)NCCC3)C1)c1cccc(N2CCN(C(=O)CCCOC3CCSCC3)CC2)c1. The number of carboxylic acid groups (broad SMARTS) is 1. The largest absolute Gasteiger partial charge is 0.481 e. The van der Waals surface area contributed by atoms with Crippen molar-refractivity contribution in [1.82, 2.24) is 14.8 Å². The van der Waals surface area contributed by atoms with Crippen LogP contribution in [0.25, 0.3) is 0 Å². The second-order valence-corrected chi connectivity index (χ2v) is 15.1. The molecule has 4 aliphatic heterocycles. The van der Waals surface area contributed by atoms with Gasteiger partial charge in [0.05, 0.1) is 12.5 Å². The molecule has 0 saturated carbocycles. The minimum Gasteiger partial charge on any atom is -0.481 e. The first-order valence-corrected chi connectivity index (χ1v) is 19.1. The lowest BCUT2D eigenvalue weighted by Gasteiger charge is -2.36. The first-order chi connectivity index (χ1) is 23.0. The van der Waals surface area contributed by atoms with Gasteiger partial charge in [-0.1, -0.05) is 18.2 Å². The molecule has 6 rings (SSSR count). The summed E-state index contributed by atoms with van der Waals surface area (Å²) in [5, 5.41) is 13.3. The summed E-state index contributed by atoms with van der Waals surface area (Å²) >= 11 is 2.00. The molecule has 2 atom stereocenters. The molecule has 5 heterocycles. The molecular weight excluding hydrogens is 611 g/mol. The number of carbonyl (C=O) groups excluding carboxylic acids is 1. The van der Waals surface area contributed by atoms with Gasteiger partial charge in [0.15, 0.2) is 0 Å². The van der Waals surface area contributed by atoms with Gasteiger partial charge in [-0.25, -0.2) is 4.98 Å². The van der Waals surface area contributed by atoms with E-state index >= 15 is 0 Å². The van der Waals surface area contributed by atoms with Crippen LogP contribution in [0, 0.1) is 5.92 Å². The molecule has 47 heavy (non-hydrogen) atoms. The highest BCUT2D eigenvalue weighted by Crippen LogP contribution is 2.30. The van der Waals surface area contributed by atoms with Gasteiger partial charge in [0.1, 0.15) is 5.82 Å². The van der Waals surface area contributed by atoms with Crippen molar-refractivity contribution in [3.63, 3.8) is 0 Å². The van der Waals surface area contributed by atoms with Crippen LogP contribution in [0.2, 0.25) is 0 Å². The number of hydrogen-bond acceptors (Lipinski definition) is 8. The third-order valence-corrected chi connectivity index (χ3v) is 11.5. The number of nitrogens with one attached hydrogen (secondary N) is 1. The van der Waals surface area contributed by atoms with Crippen LogP contribution in [0.4, 0.5) is 11.5 Å². The first-order valence-electron chi connectivity index (χ1n) is 18.0. The molecule has 1 aromatic heterocycles. The second-order valence-electron chi connectivity index (χ2n) is 13.8. The Morgan fingerprint density at radius 1 is 1.06 bits per heavy atom. The van der Waals surface area contributed by atoms with E-state index in [0.29, 0.717) is 25.0 Å². The Labute approximate surface area is 284 Å². The molecule has 0 radical (unpaired) electrons. The van der Waals surface area contributed by atoms with Crippen LogP contribution in [0.1, 0.15) is 74.1 Å². The Bertz CT molecular complexity index is 1330. The number of benzene rings is 1. The number of carboxylic acids is 1. The Hall–Kier alpha value is -2.82. The van der Waals surface area contributed by atoms with Gasteiger partial charge in [0.2, 0.25) is 5.91 Å². The van der Waals surface area contributed by atoms with Gasteiger partial charge in [-0.05, 0) is 105 Å². The summed E-state index contributed by atoms with van der Waals surface area (Å²) in [5.74, 6) is 3.46. The zero-order chi connectivity index (χ0) is 32.4. The predicted octanol–water partition coefficient (Wildman–Crippen LogP) is 5.29. The molecule has 1 amide bonds. The normalized spacial score (nSPS) is 21.3. The molecule has 2 N–H and O–H groups in total. The molecule has 0 bridgehead atoms. The molecule has 10 heteroatoms. The molecular formula is C37H53N5O4S. The summed E-state index contributed by atoms with van der Waals surface area (Å²) in [7, 11) is 0. The van der Waals surface area contributed by atoms with E-state index in [2.05, 4.69) is 51.5 Å². The van der Waals surface area contributed by atoms with E-state index in [1.54, 1.807) is 0 Å². The molecule has 1 aromatic carbocycles. The number of ether oxygens (including phenoxy) is 1. The number of fused-ring (bicyclic) bond motifs is 1. The van der Waals surface area contributed by atoms with Gasteiger partial charge < -0.3 is 29.9 Å². The van der Waals surface area contributed by atoms with Crippen LogP contribution in [-0.4, -0.2) is 108 Å². The Morgan fingerprint density at radius 3 is 2.74 bits per heavy atom. The molecule has 0 spiro atoms. The van der Waals surface area contributed by atoms with Crippen LogP contribution < -0.4 is 10.2 Å². The van der Waals surface area contributed by atoms with Crippen molar-refractivity contribution < 1.29 is 19.4 Å².